The molecule has 0 spiro atoms. The molecule has 2 rings (SSSR count). The van der Waals surface area contributed by atoms with Crippen LogP contribution in [0.25, 0.3) is 0 Å². The van der Waals surface area contributed by atoms with Crippen molar-refractivity contribution in [2.45, 2.75) is 20.0 Å². The number of hydrogen-bond donors (Lipinski definition) is 0. The number of ether oxygens (including phenoxy) is 3. The van der Waals surface area contributed by atoms with E-state index in [0.717, 1.165) is 19.2 Å². The topological polar surface area (TPSA) is 44.8 Å². The monoisotopic (exact) mass is 418 g/mol. The predicted octanol–water partition coefficient (Wildman–Crippen LogP) is 5.56. The Hall–Kier alpha value is -2.22. The van der Waals surface area contributed by atoms with Gasteiger partial charge < -0.3 is 14.2 Å². The number of methoxy groups -OCH3 is 1. The third-order valence-corrected chi connectivity index (χ3v) is 4.08. The first kappa shape index (κ1) is 19.1. The van der Waals surface area contributed by atoms with Gasteiger partial charge in [0.05, 0.1) is 12.7 Å². The van der Waals surface area contributed by atoms with E-state index >= 15 is 0 Å². The second-order valence-corrected chi connectivity index (χ2v) is 5.86. The lowest BCUT2D eigenvalue weighted by molar-refractivity contribution is 0.120. The Labute approximate surface area is 150 Å². The molecule has 0 aromatic heterocycles. The second kappa shape index (κ2) is 8.24. The summed E-state index contributed by atoms with van der Waals surface area (Å²) in [6.07, 6.45) is -3.76. The lowest BCUT2D eigenvalue weighted by Gasteiger charge is -2.15. The molecule has 0 aliphatic heterocycles. The van der Waals surface area contributed by atoms with Crippen LogP contribution < -0.4 is 9.47 Å². The lowest BCUT2D eigenvalue weighted by Crippen LogP contribution is -2.10. The molecule has 0 saturated heterocycles. The lowest BCUT2D eigenvalue weighted by atomic mass is 10.1. The minimum atomic E-state index is -2.82. The molecule has 134 valence electrons. The Morgan fingerprint density at radius 3 is 2.60 bits per heavy atom. The molecule has 0 radical (unpaired) electrons. The summed E-state index contributed by atoms with van der Waals surface area (Å²) in [5.41, 5.74) is 0.0637. The average Bonchev–Trinajstić information content (AvgIpc) is 2.56. The van der Waals surface area contributed by atoms with E-state index < -0.39 is 24.0 Å². The van der Waals surface area contributed by atoms with Gasteiger partial charge in [-0.15, -0.1) is 0 Å². The normalized spacial score (nSPS) is 10.7. The van der Waals surface area contributed by atoms with Crippen molar-refractivity contribution in [2.24, 2.45) is 0 Å². The number of alkyl halides is 2. The Kier molecular flexibility index (Phi) is 6.30. The fraction of sp³-hybridized carbons (Fsp3) is 0.235. The Morgan fingerprint density at radius 1 is 1.24 bits per heavy atom. The van der Waals surface area contributed by atoms with E-state index in [4.69, 9.17) is 9.47 Å². The molecule has 0 bridgehead atoms. The molecule has 2 aromatic rings. The summed E-state index contributed by atoms with van der Waals surface area (Å²) in [5.74, 6) is -0.803. The van der Waals surface area contributed by atoms with Crippen LogP contribution >= 0.6 is 15.9 Å². The zero-order chi connectivity index (χ0) is 18.6. The molecule has 0 amide bonds. The minimum Gasteiger partial charge on any atom is -0.488 e. The van der Waals surface area contributed by atoms with Crippen LogP contribution in [0.1, 0.15) is 23.1 Å². The van der Waals surface area contributed by atoms with Gasteiger partial charge in [0, 0.05) is 16.1 Å². The maximum atomic E-state index is 13.7. The van der Waals surface area contributed by atoms with E-state index in [1.807, 2.05) is 0 Å². The largest absolute Gasteiger partial charge is 0.513 e. The molecule has 0 aliphatic carbocycles. The van der Waals surface area contributed by atoms with Gasteiger partial charge in [-0.1, -0.05) is 22.0 Å². The smallest absolute Gasteiger partial charge is 0.488 e. The van der Waals surface area contributed by atoms with Crippen molar-refractivity contribution < 1.29 is 32.2 Å². The Balaban J connectivity index is 2.30. The van der Waals surface area contributed by atoms with Crippen molar-refractivity contribution in [2.75, 3.05) is 7.11 Å². The highest BCUT2D eigenvalue weighted by molar-refractivity contribution is 9.10. The molecule has 0 atom stereocenters. The third kappa shape index (κ3) is 4.66. The highest BCUT2D eigenvalue weighted by atomic mass is 79.9. The SMILES string of the molecule is COC(=O)Oc1cccc(Br)c1COc1cc(F)c(C)cc1C(F)F. The standard InChI is InChI=1S/C17H14BrF3O4/c1-9-6-10(16(20)21)15(7-13(9)19)24-8-11-12(18)4-3-5-14(11)25-17(22)23-2/h3-7,16H,8H2,1-2H3. The number of hydrogen-bond acceptors (Lipinski definition) is 4. The van der Waals surface area contributed by atoms with E-state index in [1.165, 1.54) is 13.0 Å². The fourth-order valence-corrected chi connectivity index (χ4v) is 2.50. The van der Waals surface area contributed by atoms with Crippen LogP contribution in [0.15, 0.2) is 34.8 Å². The first-order valence-corrected chi connectivity index (χ1v) is 7.87. The number of aryl methyl sites for hydroxylation is 1. The van der Waals surface area contributed by atoms with Gasteiger partial charge in [-0.25, -0.2) is 18.0 Å². The molecule has 8 heteroatoms. The van der Waals surface area contributed by atoms with Crippen molar-refractivity contribution in [1.82, 2.24) is 0 Å². The molecule has 0 heterocycles. The van der Waals surface area contributed by atoms with Gasteiger partial charge in [0.1, 0.15) is 23.9 Å². The number of benzene rings is 2. The summed E-state index contributed by atoms with van der Waals surface area (Å²) in [4.78, 5) is 11.3. The van der Waals surface area contributed by atoms with Crippen LogP contribution in [0.2, 0.25) is 0 Å². The van der Waals surface area contributed by atoms with Gasteiger partial charge >= 0.3 is 6.16 Å². The minimum absolute atomic E-state index is 0.0956. The van der Waals surface area contributed by atoms with Gasteiger partial charge in [0.15, 0.2) is 0 Å². The predicted molar refractivity (Wildman–Crippen MR) is 87.6 cm³/mol. The second-order valence-electron chi connectivity index (χ2n) is 5.00. The molecule has 4 nitrogen and oxygen atoms in total. The summed E-state index contributed by atoms with van der Waals surface area (Å²) in [6, 6.07) is 6.72. The molecular formula is C17H14BrF3O4. The Morgan fingerprint density at radius 2 is 1.96 bits per heavy atom. The Bertz CT molecular complexity index is 781. The van der Waals surface area contributed by atoms with Gasteiger partial charge in [0.25, 0.3) is 6.43 Å². The fourth-order valence-electron chi connectivity index (χ4n) is 2.04. The van der Waals surface area contributed by atoms with E-state index in [1.54, 1.807) is 12.1 Å². The van der Waals surface area contributed by atoms with E-state index in [-0.39, 0.29) is 23.7 Å². The quantitative estimate of drug-likeness (QED) is 0.471. The maximum absolute atomic E-state index is 13.7. The highest BCUT2D eigenvalue weighted by Crippen LogP contribution is 2.34. The first-order valence-electron chi connectivity index (χ1n) is 7.07. The number of halogens is 4. The third-order valence-electron chi connectivity index (χ3n) is 3.33. The summed E-state index contributed by atoms with van der Waals surface area (Å²) in [7, 11) is 1.15. The van der Waals surface area contributed by atoms with Crippen molar-refractivity contribution in [3.8, 4) is 11.5 Å². The van der Waals surface area contributed by atoms with Crippen molar-refractivity contribution in [1.29, 1.82) is 0 Å². The number of carbonyl (C=O) groups excluding carboxylic acids is 1. The van der Waals surface area contributed by atoms with Gasteiger partial charge in [-0.3, -0.25) is 0 Å². The summed E-state index contributed by atoms with van der Waals surface area (Å²) < 4.78 is 55.3. The summed E-state index contributed by atoms with van der Waals surface area (Å²) in [6.45, 7) is 1.16. The van der Waals surface area contributed by atoms with Crippen molar-refractivity contribution in [3.63, 3.8) is 0 Å². The van der Waals surface area contributed by atoms with Gasteiger partial charge in [0.2, 0.25) is 0 Å². The first-order chi connectivity index (χ1) is 11.8. The van der Waals surface area contributed by atoms with E-state index in [0.29, 0.717) is 10.0 Å². The van der Waals surface area contributed by atoms with Crippen molar-refractivity contribution >= 4 is 22.1 Å². The van der Waals surface area contributed by atoms with Crippen LogP contribution in [0.4, 0.5) is 18.0 Å². The summed E-state index contributed by atoms with van der Waals surface area (Å²) >= 11 is 3.27. The maximum Gasteiger partial charge on any atom is 0.513 e. The van der Waals surface area contributed by atoms with Crippen LogP contribution in [-0.4, -0.2) is 13.3 Å². The molecular weight excluding hydrogens is 405 g/mol. The number of carbonyl (C=O) groups is 1. The van der Waals surface area contributed by atoms with Crippen LogP contribution in [0.3, 0.4) is 0 Å². The molecule has 25 heavy (non-hydrogen) atoms. The van der Waals surface area contributed by atoms with Crippen LogP contribution in [0, 0.1) is 12.7 Å². The summed E-state index contributed by atoms with van der Waals surface area (Å²) in [5, 5.41) is 0. The van der Waals surface area contributed by atoms with Gasteiger partial charge in [-0.05, 0) is 30.7 Å². The average molecular weight is 419 g/mol. The highest BCUT2D eigenvalue weighted by Gasteiger charge is 2.19. The van der Waals surface area contributed by atoms with Crippen LogP contribution in [0.5, 0.6) is 11.5 Å². The van der Waals surface area contributed by atoms with Crippen molar-refractivity contribution in [3.05, 3.63) is 57.3 Å². The molecule has 0 fully saturated rings. The zero-order valence-corrected chi connectivity index (χ0v) is 14.9. The number of rotatable bonds is 5. The zero-order valence-electron chi connectivity index (χ0n) is 13.3. The van der Waals surface area contributed by atoms with Gasteiger partial charge in [-0.2, -0.15) is 0 Å². The molecule has 0 unspecified atom stereocenters. The molecule has 2 aromatic carbocycles. The van der Waals surface area contributed by atoms with E-state index in [2.05, 4.69) is 20.7 Å². The molecule has 0 saturated carbocycles. The van der Waals surface area contributed by atoms with Crippen LogP contribution in [-0.2, 0) is 11.3 Å². The molecule has 0 N–H and O–H groups in total. The van der Waals surface area contributed by atoms with E-state index in [9.17, 15) is 18.0 Å². The molecule has 0 aliphatic rings.